The van der Waals surface area contributed by atoms with Crippen molar-refractivity contribution in [2.45, 2.75) is 51.0 Å². The van der Waals surface area contributed by atoms with E-state index < -0.39 is 0 Å². The molecule has 1 aromatic heterocycles. The third-order valence-corrected chi connectivity index (χ3v) is 3.61. The highest BCUT2D eigenvalue weighted by Crippen LogP contribution is 2.16. The van der Waals surface area contributed by atoms with Crippen molar-refractivity contribution in [1.82, 2.24) is 10.3 Å². The standard InChI is InChI=1S/C15H24N4/c16-15(19-14-7-3-1-2-4-8-14)18-11-9-13-6-5-10-17-12-13/h5-6,10,12,14H,1-4,7-9,11H2,(H3,16,18,19). The minimum Gasteiger partial charge on any atom is -0.370 e. The smallest absolute Gasteiger partial charge is 0.188 e. The normalized spacial score (nSPS) is 18.0. The van der Waals surface area contributed by atoms with Crippen molar-refractivity contribution >= 4 is 5.96 Å². The van der Waals surface area contributed by atoms with Crippen molar-refractivity contribution < 1.29 is 0 Å². The van der Waals surface area contributed by atoms with Gasteiger partial charge in [-0.05, 0) is 30.9 Å². The molecule has 1 saturated carbocycles. The molecule has 1 fully saturated rings. The van der Waals surface area contributed by atoms with Crippen LogP contribution in [0.3, 0.4) is 0 Å². The van der Waals surface area contributed by atoms with Crippen LogP contribution in [0.5, 0.6) is 0 Å². The van der Waals surface area contributed by atoms with Gasteiger partial charge in [-0.15, -0.1) is 0 Å². The average molecular weight is 260 g/mol. The first-order valence-electron chi connectivity index (χ1n) is 7.30. The first-order chi connectivity index (χ1) is 9.34. The Morgan fingerprint density at radius 3 is 2.79 bits per heavy atom. The molecule has 0 saturated heterocycles. The summed E-state index contributed by atoms with van der Waals surface area (Å²) in [7, 11) is 0. The van der Waals surface area contributed by atoms with E-state index in [1.165, 1.54) is 44.1 Å². The fourth-order valence-electron chi connectivity index (χ4n) is 2.53. The SMILES string of the molecule is NC(=NCCc1cccnc1)NC1CCCCCC1. The van der Waals surface area contributed by atoms with Crippen LogP contribution in [0.15, 0.2) is 29.5 Å². The maximum Gasteiger partial charge on any atom is 0.188 e. The van der Waals surface area contributed by atoms with Crippen molar-refractivity contribution in [2.75, 3.05) is 6.54 Å². The van der Waals surface area contributed by atoms with Crippen LogP contribution in [0.1, 0.15) is 44.1 Å². The van der Waals surface area contributed by atoms with Crippen LogP contribution in [0.25, 0.3) is 0 Å². The molecule has 1 aromatic rings. The van der Waals surface area contributed by atoms with Gasteiger partial charge in [0.15, 0.2) is 5.96 Å². The van der Waals surface area contributed by atoms with Crippen LogP contribution >= 0.6 is 0 Å². The van der Waals surface area contributed by atoms with E-state index in [0.717, 1.165) is 13.0 Å². The van der Waals surface area contributed by atoms with E-state index in [9.17, 15) is 0 Å². The fourth-order valence-corrected chi connectivity index (χ4v) is 2.53. The molecule has 19 heavy (non-hydrogen) atoms. The molecule has 104 valence electrons. The van der Waals surface area contributed by atoms with Crippen molar-refractivity contribution in [1.29, 1.82) is 0 Å². The maximum atomic E-state index is 5.94. The molecule has 0 amide bonds. The summed E-state index contributed by atoms with van der Waals surface area (Å²) in [5, 5.41) is 3.36. The molecule has 1 aliphatic rings. The van der Waals surface area contributed by atoms with E-state index in [1.54, 1.807) is 6.20 Å². The quantitative estimate of drug-likeness (QED) is 0.496. The second kappa shape index (κ2) is 7.77. The minimum atomic E-state index is 0.518. The second-order valence-electron chi connectivity index (χ2n) is 5.21. The molecule has 0 unspecified atom stereocenters. The minimum absolute atomic E-state index is 0.518. The molecule has 0 bridgehead atoms. The zero-order valence-electron chi connectivity index (χ0n) is 11.5. The molecule has 0 spiro atoms. The number of nitrogens with two attached hydrogens (primary N) is 1. The molecule has 1 heterocycles. The van der Waals surface area contributed by atoms with Crippen LogP contribution in [0.2, 0.25) is 0 Å². The van der Waals surface area contributed by atoms with Gasteiger partial charge in [-0.1, -0.05) is 31.7 Å². The Hall–Kier alpha value is -1.58. The topological polar surface area (TPSA) is 63.3 Å². The van der Waals surface area contributed by atoms with Gasteiger partial charge in [-0.2, -0.15) is 0 Å². The lowest BCUT2D eigenvalue weighted by atomic mass is 10.1. The van der Waals surface area contributed by atoms with Crippen molar-refractivity contribution in [3.05, 3.63) is 30.1 Å². The van der Waals surface area contributed by atoms with Gasteiger partial charge in [0.1, 0.15) is 0 Å². The number of nitrogens with zero attached hydrogens (tertiary/aromatic N) is 2. The van der Waals surface area contributed by atoms with Gasteiger partial charge in [0.25, 0.3) is 0 Å². The predicted molar refractivity (Wildman–Crippen MR) is 79.1 cm³/mol. The van der Waals surface area contributed by atoms with Crippen LogP contribution in [-0.2, 0) is 6.42 Å². The average Bonchev–Trinajstić information content (AvgIpc) is 2.68. The lowest BCUT2D eigenvalue weighted by Crippen LogP contribution is -2.40. The van der Waals surface area contributed by atoms with Gasteiger partial charge in [0.05, 0.1) is 0 Å². The molecule has 1 aliphatic carbocycles. The first kappa shape index (κ1) is 13.8. The number of hydrogen-bond donors (Lipinski definition) is 2. The van der Waals surface area contributed by atoms with E-state index in [2.05, 4.69) is 21.4 Å². The Kier molecular flexibility index (Phi) is 5.66. The van der Waals surface area contributed by atoms with E-state index in [-0.39, 0.29) is 0 Å². The predicted octanol–water partition coefficient (Wildman–Crippen LogP) is 2.25. The third-order valence-electron chi connectivity index (χ3n) is 3.61. The molecule has 0 radical (unpaired) electrons. The van der Waals surface area contributed by atoms with Crippen LogP contribution in [-0.4, -0.2) is 23.5 Å². The Bertz CT molecular complexity index is 380. The van der Waals surface area contributed by atoms with E-state index in [1.807, 2.05) is 12.3 Å². The summed E-state index contributed by atoms with van der Waals surface area (Å²) < 4.78 is 0. The van der Waals surface area contributed by atoms with Crippen LogP contribution in [0.4, 0.5) is 0 Å². The van der Waals surface area contributed by atoms with Gasteiger partial charge < -0.3 is 11.1 Å². The maximum absolute atomic E-state index is 5.94. The van der Waals surface area contributed by atoms with Crippen molar-refractivity contribution in [3.8, 4) is 0 Å². The number of aliphatic imine (C=N–C) groups is 1. The van der Waals surface area contributed by atoms with Crippen molar-refractivity contribution in [3.63, 3.8) is 0 Å². The van der Waals surface area contributed by atoms with Crippen LogP contribution in [0, 0.1) is 0 Å². The van der Waals surface area contributed by atoms with Gasteiger partial charge in [-0.3, -0.25) is 9.98 Å². The van der Waals surface area contributed by atoms with Gasteiger partial charge in [-0.25, -0.2) is 0 Å². The summed E-state index contributed by atoms with van der Waals surface area (Å²) in [6.07, 6.45) is 12.3. The Balaban J connectivity index is 1.72. The third kappa shape index (κ3) is 5.28. The molecule has 0 aromatic carbocycles. The van der Waals surface area contributed by atoms with Crippen molar-refractivity contribution in [2.24, 2.45) is 10.7 Å². The number of guanidine groups is 1. The summed E-state index contributed by atoms with van der Waals surface area (Å²) in [4.78, 5) is 8.49. The van der Waals surface area contributed by atoms with E-state index >= 15 is 0 Å². The zero-order chi connectivity index (χ0) is 13.3. The molecule has 0 atom stereocenters. The first-order valence-corrected chi connectivity index (χ1v) is 7.30. The molecule has 4 heteroatoms. The number of pyridine rings is 1. The summed E-state index contributed by atoms with van der Waals surface area (Å²) >= 11 is 0. The van der Waals surface area contributed by atoms with E-state index in [4.69, 9.17) is 5.73 Å². The molecule has 3 N–H and O–H groups in total. The highest BCUT2D eigenvalue weighted by atomic mass is 15.1. The monoisotopic (exact) mass is 260 g/mol. The largest absolute Gasteiger partial charge is 0.370 e. The van der Waals surface area contributed by atoms with Crippen LogP contribution < -0.4 is 11.1 Å². The lowest BCUT2D eigenvalue weighted by molar-refractivity contribution is 0.530. The second-order valence-corrected chi connectivity index (χ2v) is 5.21. The summed E-state index contributed by atoms with van der Waals surface area (Å²) in [5.74, 6) is 0.593. The zero-order valence-corrected chi connectivity index (χ0v) is 11.5. The highest BCUT2D eigenvalue weighted by Gasteiger charge is 2.11. The summed E-state index contributed by atoms with van der Waals surface area (Å²) in [6.45, 7) is 0.719. The van der Waals surface area contributed by atoms with E-state index in [0.29, 0.717) is 12.0 Å². The van der Waals surface area contributed by atoms with Gasteiger partial charge in [0, 0.05) is 25.0 Å². The summed E-state index contributed by atoms with van der Waals surface area (Å²) in [5.41, 5.74) is 7.15. The van der Waals surface area contributed by atoms with Gasteiger partial charge in [0.2, 0.25) is 0 Å². The molecule has 0 aliphatic heterocycles. The lowest BCUT2D eigenvalue weighted by Gasteiger charge is -2.16. The fraction of sp³-hybridized carbons (Fsp3) is 0.600. The van der Waals surface area contributed by atoms with Gasteiger partial charge >= 0.3 is 0 Å². The Morgan fingerprint density at radius 2 is 2.11 bits per heavy atom. The highest BCUT2D eigenvalue weighted by molar-refractivity contribution is 5.78. The Labute approximate surface area is 115 Å². The molecule has 4 nitrogen and oxygen atoms in total. The number of nitrogens with one attached hydrogen (secondary N) is 1. The number of aromatic nitrogens is 1. The molecular formula is C15H24N4. The molecular weight excluding hydrogens is 236 g/mol. The molecule has 2 rings (SSSR count). The number of hydrogen-bond acceptors (Lipinski definition) is 2. The number of rotatable bonds is 4. The summed E-state index contributed by atoms with van der Waals surface area (Å²) in [6, 6.07) is 4.54. The Morgan fingerprint density at radius 1 is 1.32 bits per heavy atom.